The lowest BCUT2D eigenvalue weighted by Crippen LogP contribution is -2.47. The number of rotatable bonds is 7. The van der Waals surface area contributed by atoms with Crippen LogP contribution in [0.1, 0.15) is 26.7 Å². The van der Waals surface area contributed by atoms with Gasteiger partial charge in [0, 0.05) is 17.1 Å². The second-order valence-electron chi connectivity index (χ2n) is 5.64. The number of hydrogen-bond donors (Lipinski definition) is 1. The molecular weight excluding hydrogens is 316 g/mol. The van der Waals surface area contributed by atoms with Crippen molar-refractivity contribution in [3.63, 3.8) is 0 Å². The summed E-state index contributed by atoms with van der Waals surface area (Å²) in [5.74, 6) is -0.213. The molecule has 2 aliphatic heterocycles. The van der Waals surface area contributed by atoms with Gasteiger partial charge < -0.3 is 14.2 Å². The van der Waals surface area contributed by atoms with Crippen molar-refractivity contribution in [2.75, 3.05) is 25.6 Å². The zero-order valence-corrected chi connectivity index (χ0v) is 14.1. The van der Waals surface area contributed by atoms with Crippen LogP contribution in [0.3, 0.4) is 0 Å². The first-order valence-electron chi connectivity index (χ1n) is 7.32. The predicted molar refractivity (Wildman–Crippen MR) is 81.4 cm³/mol. The Morgan fingerprint density at radius 3 is 2.67 bits per heavy atom. The van der Waals surface area contributed by atoms with E-state index in [4.69, 9.17) is 18.8 Å². The van der Waals surface area contributed by atoms with E-state index in [9.17, 15) is 8.42 Å². The molecule has 2 heterocycles. The lowest BCUT2D eigenvalue weighted by atomic mass is 10.1. The first-order valence-corrected chi connectivity index (χ1v) is 9.87. The highest BCUT2D eigenvalue weighted by Crippen LogP contribution is 2.39. The highest BCUT2D eigenvalue weighted by Gasteiger charge is 2.45. The SMILES string of the molecule is CC1SC(C)C2OC(COCCCCS(=O)(=O)O)COC12. The summed E-state index contributed by atoms with van der Waals surface area (Å²) in [6, 6.07) is 0. The van der Waals surface area contributed by atoms with E-state index in [-0.39, 0.29) is 24.1 Å². The molecule has 124 valence electrons. The van der Waals surface area contributed by atoms with Crippen LogP contribution in [-0.2, 0) is 24.3 Å². The molecule has 0 bridgehead atoms. The summed E-state index contributed by atoms with van der Waals surface area (Å²) in [5, 5.41) is 0.898. The third-order valence-electron chi connectivity index (χ3n) is 3.75. The van der Waals surface area contributed by atoms with Gasteiger partial charge in [0.1, 0.15) is 6.10 Å². The number of fused-ring (bicyclic) bond motifs is 1. The van der Waals surface area contributed by atoms with Gasteiger partial charge in [-0.15, -0.1) is 0 Å². The van der Waals surface area contributed by atoms with Gasteiger partial charge in [-0.1, -0.05) is 13.8 Å². The van der Waals surface area contributed by atoms with E-state index in [2.05, 4.69) is 13.8 Å². The van der Waals surface area contributed by atoms with Crippen LogP contribution in [0.5, 0.6) is 0 Å². The summed E-state index contributed by atoms with van der Waals surface area (Å²) in [6.07, 6.45) is 1.25. The van der Waals surface area contributed by atoms with Crippen LogP contribution < -0.4 is 0 Å². The molecule has 8 heteroatoms. The fraction of sp³-hybridized carbons (Fsp3) is 1.00. The lowest BCUT2D eigenvalue weighted by Gasteiger charge is -2.34. The molecule has 0 amide bonds. The molecule has 2 fully saturated rings. The Bertz CT molecular complexity index is 426. The molecule has 2 aliphatic rings. The van der Waals surface area contributed by atoms with Crippen molar-refractivity contribution < 1.29 is 27.2 Å². The highest BCUT2D eigenvalue weighted by atomic mass is 32.2. The second-order valence-corrected chi connectivity index (χ2v) is 8.97. The standard InChI is InChI=1S/C13H24O6S2/c1-9-12-13(10(2)20-9)19-11(8-18-12)7-17-5-3-4-6-21(14,15)16/h9-13H,3-8H2,1-2H3,(H,14,15,16). The smallest absolute Gasteiger partial charge is 0.264 e. The van der Waals surface area contributed by atoms with Crippen molar-refractivity contribution in [1.82, 2.24) is 0 Å². The summed E-state index contributed by atoms with van der Waals surface area (Å²) in [6.45, 7) is 5.80. The van der Waals surface area contributed by atoms with Gasteiger partial charge in [-0.3, -0.25) is 4.55 Å². The quantitative estimate of drug-likeness (QED) is 0.553. The number of hydrogen-bond acceptors (Lipinski definition) is 6. The Morgan fingerprint density at radius 1 is 1.24 bits per heavy atom. The molecule has 6 nitrogen and oxygen atoms in total. The maximum atomic E-state index is 10.6. The van der Waals surface area contributed by atoms with Crippen LogP contribution in [0, 0.1) is 0 Å². The normalized spacial score (nSPS) is 36.6. The molecule has 1 N–H and O–H groups in total. The van der Waals surface area contributed by atoms with Crippen molar-refractivity contribution in [2.24, 2.45) is 0 Å². The Morgan fingerprint density at radius 2 is 1.95 bits per heavy atom. The van der Waals surface area contributed by atoms with Gasteiger partial charge in [0.15, 0.2) is 0 Å². The van der Waals surface area contributed by atoms with Gasteiger partial charge in [-0.2, -0.15) is 20.2 Å². The van der Waals surface area contributed by atoms with Crippen molar-refractivity contribution in [1.29, 1.82) is 0 Å². The average Bonchev–Trinajstić information content (AvgIpc) is 2.68. The Kier molecular flexibility index (Phi) is 6.34. The number of unbranched alkanes of at least 4 members (excludes halogenated alkanes) is 1. The zero-order valence-electron chi connectivity index (χ0n) is 12.4. The molecule has 0 aromatic carbocycles. The minimum absolute atomic E-state index is 0.0545. The van der Waals surface area contributed by atoms with E-state index in [1.165, 1.54) is 0 Å². The fourth-order valence-electron chi connectivity index (χ4n) is 2.72. The van der Waals surface area contributed by atoms with Crippen molar-refractivity contribution in [3.05, 3.63) is 0 Å². The molecule has 0 aromatic heterocycles. The molecular formula is C13H24O6S2. The van der Waals surface area contributed by atoms with Crippen molar-refractivity contribution >= 4 is 21.9 Å². The van der Waals surface area contributed by atoms with Crippen LogP contribution in [-0.4, -0.2) is 67.4 Å². The molecule has 5 atom stereocenters. The molecule has 0 aromatic rings. The van der Waals surface area contributed by atoms with E-state index in [0.717, 1.165) is 0 Å². The molecule has 0 aliphatic carbocycles. The van der Waals surface area contributed by atoms with Crippen LogP contribution in [0.2, 0.25) is 0 Å². The van der Waals surface area contributed by atoms with Crippen molar-refractivity contribution in [2.45, 2.75) is 55.5 Å². The minimum Gasteiger partial charge on any atom is -0.379 e. The van der Waals surface area contributed by atoms with Gasteiger partial charge in [-0.05, 0) is 12.8 Å². The average molecular weight is 340 g/mol. The van der Waals surface area contributed by atoms with Gasteiger partial charge >= 0.3 is 0 Å². The molecule has 2 saturated heterocycles. The third kappa shape index (κ3) is 5.37. The summed E-state index contributed by atoms with van der Waals surface area (Å²) in [7, 11) is -3.86. The maximum Gasteiger partial charge on any atom is 0.264 e. The summed E-state index contributed by atoms with van der Waals surface area (Å²) < 4.78 is 47.1. The van der Waals surface area contributed by atoms with E-state index >= 15 is 0 Å². The summed E-state index contributed by atoms with van der Waals surface area (Å²) in [5.41, 5.74) is 0. The van der Waals surface area contributed by atoms with E-state index < -0.39 is 10.1 Å². The first kappa shape index (κ1) is 17.5. The topological polar surface area (TPSA) is 82.1 Å². The Balaban J connectivity index is 1.60. The largest absolute Gasteiger partial charge is 0.379 e. The van der Waals surface area contributed by atoms with Gasteiger partial charge in [0.2, 0.25) is 0 Å². The van der Waals surface area contributed by atoms with Crippen LogP contribution in [0.15, 0.2) is 0 Å². The lowest BCUT2D eigenvalue weighted by molar-refractivity contribution is -0.187. The Hall–Kier alpha value is 0.140. The monoisotopic (exact) mass is 340 g/mol. The van der Waals surface area contributed by atoms with Gasteiger partial charge in [0.25, 0.3) is 10.1 Å². The summed E-state index contributed by atoms with van der Waals surface area (Å²) >= 11 is 1.89. The van der Waals surface area contributed by atoms with E-state index in [1.54, 1.807) is 0 Å². The van der Waals surface area contributed by atoms with Crippen LogP contribution in [0.4, 0.5) is 0 Å². The molecule has 2 rings (SSSR count). The van der Waals surface area contributed by atoms with E-state index in [1.807, 2.05) is 11.8 Å². The third-order valence-corrected chi connectivity index (χ3v) is 5.95. The minimum atomic E-state index is -3.86. The molecule has 21 heavy (non-hydrogen) atoms. The molecule has 5 unspecified atom stereocenters. The van der Waals surface area contributed by atoms with Crippen LogP contribution >= 0.6 is 11.8 Å². The fourth-order valence-corrected chi connectivity index (χ4v) is 4.73. The zero-order chi connectivity index (χ0) is 15.5. The highest BCUT2D eigenvalue weighted by molar-refractivity contribution is 8.00. The molecule has 0 saturated carbocycles. The molecule has 0 radical (unpaired) electrons. The van der Waals surface area contributed by atoms with Gasteiger partial charge in [0.05, 0.1) is 31.2 Å². The molecule has 0 spiro atoms. The Labute approximate surface area is 130 Å². The van der Waals surface area contributed by atoms with Crippen LogP contribution in [0.25, 0.3) is 0 Å². The van der Waals surface area contributed by atoms with Gasteiger partial charge in [-0.25, -0.2) is 0 Å². The summed E-state index contributed by atoms with van der Waals surface area (Å²) in [4.78, 5) is 0. The number of ether oxygens (including phenoxy) is 3. The first-order chi connectivity index (χ1) is 9.87. The van der Waals surface area contributed by atoms with E-state index in [0.29, 0.717) is 43.2 Å². The maximum absolute atomic E-state index is 10.6. The predicted octanol–water partition coefficient (Wildman–Crippen LogP) is 1.35. The van der Waals surface area contributed by atoms with Crippen molar-refractivity contribution in [3.8, 4) is 0 Å². The number of thioether (sulfide) groups is 1. The second kappa shape index (κ2) is 7.61.